The number of ether oxygens (including phenoxy) is 2. The van der Waals surface area contributed by atoms with E-state index in [4.69, 9.17) is 20.3 Å². The van der Waals surface area contributed by atoms with Crippen molar-refractivity contribution < 1.29 is 14.3 Å². The number of fused-ring (bicyclic) bond motifs is 1. The molecule has 1 fully saturated rings. The molecule has 2 unspecified atom stereocenters. The van der Waals surface area contributed by atoms with Crippen molar-refractivity contribution in [1.82, 2.24) is 9.91 Å². The van der Waals surface area contributed by atoms with Gasteiger partial charge in [-0.2, -0.15) is 5.10 Å². The molecule has 9 nitrogen and oxygen atoms in total. The Labute approximate surface area is 188 Å². The third kappa shape index (κ3) is 5.61. The lowest BCUT2D eigenvalue weighted by Gasteiger charge is -2.40. The minimum absolute atomic E-state index is 0.0413. The summed E-state index contributed by atoms with van der Waals surface area (Å²) in [5.41, 5.74) is 6.90. The zero-order chi connectivity index (χ0) is 23.1. The molecule has 0 aromatic carbocycles. The van der Waals surface area contributed by atoms with E-state index in [0.717, 1.165) is 11.5 Å². The van der Waals surface area contributed by atoms with Crippen LogP contribution in [0, 0.1) is 11.8 Å². The van der Waals surface area contributed by atoms with Gasteiger partial charge in [-0.1, -0.05) is 25.3 Å². The van der Waals surface area contributed by atoms with Crippen molar-refractivity contribution in [3.63, 3.8) is 0 Å². The summed E-state index contributed by atoms with van der Waals surface area (Å²) in [4.78, 5) is 22.1. The molecule has 0 saturated carbocycles. The second kappa shape index (κ2) is 10.7. The van der Waals surface area contributed by atoms with E-state index >= 15 is 0 Å². The van der Waals surface area contributed by atoms with Gasteiger partial charge in [-0.25, -0.2) is 9.98 Å². The summed E-state index contributed by atoms with van der Waals surface area (Å²) < 4.78 is 10.5. The summed E-state index contributed by atoms with van der Waals surface area (Å²) in [5, 5.41) is 6.73. The largest absolute Gasteiger partial charge is 0.497 e. The first kappa shape index (κ1) is 23.2. The smallest absolute Gasteiger partial charge is 0.245 e. The molecule has 0 aliphatic carbocycles. The summed E-state index contributed by atoms with van der Waals surface area (Å²) >= 11 is 0. The summed E-state index contributed by atoms with van der Waals surface area (Å²) in [7, 11) is 3.21. The molecule has 9 heteroatoms. The molecular formula is C23H30N6O3. The number of likely N-dealkylation sites (tertiary alicyclic amines) is 1. The first-order valence-corrected chi connectivity index (χ1v) is 10.4. The van der Waals surface area contributed by atoms with Crippen molar-refractivity contribution in [3.8, 4) is 0 Å². The van der Waals surface area contributed by atoms with Crippen molar-refractivity contribution in [1.29, 1.82) is 0 Å². The van der Waals surface area contributed by atoms with Gasteiger partial charge in [0.15, 0.2) is 0 Å². The molecule has 3 aliphatic heterocycles. The van der Waals surface area contributed by atoms with E-state index in [9.17, 15) is 4.79 Å². The van der Waals surface area contributed by atoms with Gasteiger partial charge in [0, 0.05) is 39.1 Å². The van der Waals surface area contributed by atoms with Crippen LogP contribution in [0.5, 0.6) is 0 Å². The van der Waals surface area contributed by atoms with Gasteiger partial charge in [0.25, 0.3) is 0 Å². The molecule has 0 bridgehead atoms. The van der Waals surface area contributed by atoms with Crippen LogP contribution in [-0.4, -0.2) is 73.7 Å². The summed E-state index contributed by atoms with van der Waals surface area (Å²) in [6.07, 6.45) is 12.7. The van der Waals surface area contributed by atoms with Crippen molar-refractivity contribution in [3.05, 3.63) is 61.2 Å². The summed E-state index contributed by atoms with van der Waals surface area (Å²) in [6, 6.07) is 0. The highest BCUT2D eigenvalue weighted by atomic mass is 16.5. The minimum Gasteiger partial charge on any atom is -0.497 e. The maximum absolute atomic E-state index is 11.7. The predicted octanol–water partition coefficient (Wildman–Crippen LogP) is 1.84. The molecule has 1 amide bonds. The van der Waals surface area contributed by atoms with Gasteiger partial charge in [-0.05, 0) is 24.3 Å². The zero-order valence-electron chi connectivity index (χ0n) is 18.6. The number of amidine groups is 1. The first-order valence-electron chi connectivity index (χ1n) is 10.4. The van der Waals surface area contributed by atoms with E-state index < -0.39 is 0 Å². The lowest BCUT2D eigenvalue weighted by molar-refractivity contribution is -0.132. The van der Waals surface area contributed by atoms with Crippen LogP contribution >= 0.6 is 0 Å². The molecule has 0 aromatic rings. The molecule has 3 heterocycles. The maximum atomic E-state index is 11.7. The van der Waals surface area contributed by atoms with Gasteiger partial charge in [0.05, 0.1) is 24.8 Å². The highest BCUT2D eigenvalue weighted by molar-refractivity contribution is 6.14. The molecule has 0 spiro atoms. The van der Waals surface area contributed by atoms with Crippen LogP contribution in [0.15, 0.2) is 76.3 Å². The van der Waals surface area contributed by atoms with Crippen LogP contribution in [0.2, 0.25) is 0 Å². The quantitative estimate of drug-likeness (QED) is 0.243. The van der Waals surface area contributed by atoms with E-state index in [1.54, 1.807) is 25.2 Å². The van der Waals surface area contributed by atoms with Crippen LogP contribution in [0.3, 0.4) is 0 Å². The Morgan fingerprint density at radius 3 is 2.84 bits per heavy atom. The van der Waals surface area contributed by atoms with Gasteiger partial charge in [-0.15, -0.1) is 0 Å². The van der Waals surface area contributed by atoms with Crippen LogP contribution in [-0.2, 0) is 14.3 Å². The van der Waals surface area contributed by atoms with E-state index in [1.807, 2.05) is 29.3 Å². The van der Waals surface area contributed by atoms with E-state index in [0.29, 0.717) is 43.6 Å². The fourth-order valence-corrected chi connectivity index (χ4v) is 3.62. The van der Waals surface area contributed by atoms with Gasteiger partial charge in [-0.3, -0.25) is 9.80 Å². The summed E-state index contributed by atoms with van der Waals surface area (Å²) in [5.74, 6) is 1.90. The number of amides is 1. The first-order chi connectivity index (χ1) is 15.4. The van der Waals surface area contributed by atoms with Crippen LogP contribution in [0.1, 0.15) is 6.42 Å². The number of carbonyl (C=O) groups is 1. The van der Waals surface area contributed by atoms with Crippen LogP contribution in [0.25, 0.3) is 0 Å². The highest BCUT2D eigenvalue weighted by Crippen LogP contribution is 2.26. The van der Waals surface area contributed by atoms with Crippen molar-refractivity contribution >= 4 is 23.8 Å². The van der Waals surface area contributed by atoms with Crippen LogP contribution in [0.4, 0.5) is 0 Å². The molecule has 170 valence electrons. The summed E-state index contributed by atoms with van der Waals surface area (Å²) in [6.45, 7) is 9.35. The maximum Gasteiger partial charge on any atom is 0.245 e. The molecule has 2 N–H and O–H groups in total. The Kier molecular flexibility index (Phi) is 7.77. The Morgan fingerprint density at radius 2 is 2.16 bits per heavy atom. The number of nitrogens with two attached hydrogens (primary N) is 1. The Bertz CT molecular complexity index is 924. The average molecular weight is 439 g/mol. The molecule has 3 aliphatic rings. The number of methoxy groups -OCH3 is 2. The number of allylic oxidation sites excluding steroid dienone is 2. The van der Waals surface area contributed by atoms with Gasteiger partial charge in [0.2, 0.25) is 5.91 Å². The second-order valence-electron chi connectivity index (χ2n) is 7.65. The Balaban J connectivity index is 1.68. The van der Waals surface area contributed by atoms with Crippen molar-refractivity contribution in [2.45, 2.75) is 12.5 Å². The molecule has 3 rings (SSSR count). The van der Waals surface area contributed by atoms with E-state index in [-0.39, 0.29) is 17.9 Å². The van der Waals surface area contributed by atoms with E-state index in [1.165, 1.54) is 12.4 Å². The normalized spacial score (nSPS) is 21.6. The fraction of sp³-hybridized carbons (Fsp3) is 0.391. The van der Waals surface area contributed by atoms with E-state index in [2.05, 4.69) is 23.1 Å². The SMILES string of the molecule is C=CC(=O)N1CC(CN2N=C(CC=CC(/C=C\C(=C)OC)OC)C3C=C(N)N=CN=C32)C1. The monoisotopic (exact) mass is 438 g/mol. The lowest BCUT2D eigenvalue weighted by atomic mass is 9.97. The standard InChI is InChI=1S/C23H30N6O3/c1-5-22(30)28-12-17(13-28)14-29-23-19(11-21(24)25-15-26-23)20(27-29)8-6-7-18(32-4)10-9-16(2)31-3/h5-7,9-11,15,17-19H,1-2,8,12-14,24H2,3-4H3/b7-6?,10-9-. The van der Waals surface area contributed by atoms with Gasteiger partial charge in [0.1, 0.15) is 23.8 Å². The zero-order valence-corrected chi connectivity index (χ0v) is 18.6. The van der Waals surface area contributed by atoms with Crippen molar-refractivity contribution in [2.75, 3.05) is 33.9 Å². The Morgan fingerprint density at radius 1 is 1.38 bits per heavy atom. The highest BCUT2D eigenvalue weighted by Gasteiger charge is 2.37. The molecule has 0 radical (unpaired) electrons. The lowest BCUT2D eigenvalue weighted by Crippen LogP contribution is -2.53. The molecule has 1 saturated heterocycles. The number of rotatable bonds is 10. The average Bonchev–Trinajstić information content (AvgIpc) is 2.94. The molecule has 32 heavy (non-hydrogen) atoms. The third-order valence-electron chi connectivity index (χ3n) is 5.42. The topological polar surface area (TPSA) is 105 Å². The third-order valence-corrected chi connectivity index (χ3v) is 5.42. The van der Waals surface area contributed by atoms with Crippen molar-refractivity contribution in [2.24, 2.45) is 32.7 Å². The molecule has 0 aromatic heterocycles. The van der Waals surface area contributed by atoms with Gasteiger partial charge < -0.3 is 20.1 Å². The second-order valence-corrected chi connectivity index (χ2v) is 7.65. The minimum atomic E-state index is -0.213. The molecule has 2 atom stereocenters. The number of aliphatic imine (C=N–C) groups is 2. The van der Waals surface area contributed by atoms with Crippen LogP contribution < -0.4 is 5.73 Å². The Hall–Kier alpha value is -3.46. The number of hydrogen-bond donors (Lipinski definition) is 1. The number of nitrogens with zero attached hydrogens (tertiary/aromatic N) is 5. The number of carbonyl (C=O) groups excluding carboxylic acids is 1. The molecular weight excluding hydrogens is 408 g/mol. The fourth-order valence-electron chi connectivity index (χ4n) is 3.62. The number of hydrogen-bond acceptors (Lipinski definition) is 8. The number of hydrazone groups is 1. The predicted molar refractivity (Wildman–Crippen MR) is 126 cm³/mol. The van der Waals surface area contributed by atoms with Gasteiger partial charge >= 0.3 is 0 Å².